The van der Waals surface area contributed by atoms with E-state index in [4.69, 9.17) is 0 Å². The number of urea groups is 1. The topological polar surface area (TPSA) is 98.1 Å². The predicted octanol–water partition coefficient (Wildman–Crippen LogP) is 4.58. The van der Waals surface area contributed by atoms with E-state index in [2.05, 4.69) is 21.7 Å². The summed E-state index contributed by atoms with van der Waals surface area (Å²) in [4.78, 5) is 32.1. The van der Waals surface area contributed by atoms with E-state index in [-0.39, 0.29) is 11.9 Å². The summed E-state index contributed by atoms with van der Waals surface area (Å²) in [7, 11) is 0. The number of pyridine rings is 1. The molecule has 1 saturated carbocycles. The Kier molecular flexibility index (Phi) is 7.38. The molecule has 0 unspecified atom stereocenters. The third kappa shape index (κ3) is 5.46. The van der Waals surface area contributed by atoms with Crippen molar-refractivity contribution < 1.29 is 9.59 Å². The largest absolute Gasteiger partial charge is 0.332 e. The molecule has 168 valence electrons. The van der Waals surface area contributed by atoms with E-state index in [0.717, 1.165) is 22.6 Å². The van der Waals surface area contributed by atoms with E-state index in [1.807, 2.05) is 18.2 Å². The van der Waals surface area contributed by atoms with Crippen LogP contribution >= 0.6 is 11.3 Å². The van der Waals surface area contributed by atoms with Crippen molar-refractivity contribution in [3.8, 4) is 6.07 Å². The van der Waals surface area contributed by atoms with Crippen molar-refractivity contribution in [1.29, 1.82) is 5.26 Å². The van der Waals surface area contributed by atoms with Crippen LogP contribution in [-0.2, 0) is 24.3 Å². The van der Waals surface area contributed by atoms with Gasteiger partial charge in [-0.25, -0.2) is 4.79 Å². The average Bonchev–Trinajstić information content (AvgIpc) is 3.18. The van der Waals surface area contributed by atoms with Crippen molar-refractivity contribution in [1.82, 2.24) is 15.2 Å². The van der Waals surface area contributed by atoms with E-state index in [9.17, 15) is 14.9 Å². The summed E-state index contributed by atoms with van der Waals surface area (Å²) in [5.74, 6) is 0.635. The van der Waals surface area contributed by atoms with Crippen molar-refractivity contribution in [2.75, 3.05) is 11.9 Å². The van der Waals surface area contributed by atoms with Crippen LogP contribution in [0.2, 0.25) is 0 Å². The zero-order valence-electron chi connectivity index (χ0n) is 18.2. The maximum Gasteiger partial charge on any atom is 0.318 e. The van der Waals surface area contributed by atoms with Gasteiger partial charge in [0.15, 0.2) is 0 Å². The fourth-order valence-corrected chi connectivity index (χ4v) is 5.79. The van der Waals surface area contributed by atoms with Crippen molar-refractivity contribution >= 4 is 28.3 Å². The van der Waals surface area contributed by atoms with Gasteiger partial charge in [-0.1, -0.05) is 38.2 Å². The van der Waals surface area contributed by atoms with Gasteiger partial charge in [0.2, 0.25) is 5.91 Å². The highest BCUT2D eigenvalue weighted by Gasteiger charge is 2.27. The molecule has 2 aliphatic rings. The zero-order chi connectivity index (χ0) is 22.3. The lowest BCUT2D eigenvalue weighted by Crippen LogP contribution is -2.42. The maximum absolute atomic E-state index is 12.6. The first-order valence-corrected chi connectivity index (χ1v) is 12.2. The van der Waals surface area contributed by atoms with Crippen molar-refractivity contribution in [2.45, 2.75) is 64.5 Å². The van der Waals surface area contributed by atoms with Crippen LogP contribution in [0.15, 0.2) is 24.4 Å². The second-order valence-corrected chi connectivity index (χ2v) is 9.67. The van der Waals surface area contributed by atoms with Crippen LogP contribution < -0.4 is 10.6 Å². The van der Waals surface area contributed by atoms with Gasteiger partial charge in [0, 0.05) is 24.0 Å². The average molecular weight is 452 g/mol. The Morgan fingerprint density at radius 1 is 1.25 bits per heavy atom. The number of aromatic nitrogens is 1. The smallest absolute Gasteiger partial charge is 0.318 e. The number of hydrogen-bond acceptors (Lipinski definition) is 5. The number of rotatable bonds is 6. The Morgan fingerprint density at radius 2 is 2.09 bits per heavy atom. The number of nitrogens with one attached hydrogen (secondary N) is 2. The van der Waals surface area contributed by atoms with Gasteiger partial charge in [0.25, 0.3) is 0 Å². The highest BCUT2D eigenvalue weighted by Crippen LogP contribution is 2.37. The Labute approximate surface area is 192 Å². The molecule has 1 fully saturated rings. The molecule has 0 saturated heterocycles. The lowest BCUT2D eigenvalue weighted by atomic mass is 9.86. The molecule has 0 radical (unpaired) electrons. The van der Waals surface area contributed by atoms with Crippen molar-refractivity contribution in [3.63, 3.8) is 0 Å². The molecule has 32 heavy (non-hydrogen) atoms. The number of nitrogens with zero attached hydrogens (tertiary/aromatic N) is 3. The van der Waals surface area contributed by atoms with Crippen LogP contribution in [0.25, 0.3) is 0 Å². The summed E-state index contributed by atoms with van der Waals surface area (Å²) >= 11 is 1.42. The van der Waals surface area contributed by atoms with Gasteiger partial charge < -0.3 is 15.5 Å². The van der Waals surface area contributed by atoms with Gasteiger partial charge in [-0.05, 0) is 36.5 Å². The molecule has 3 heterocycles. The van der Waals surface area contributed by atoms with Crippen LogP contribution in [0.4, 0.5) is 9.80 Å². The zero-order valence-corrected chi connectivity index (χ0v) is 19.0. The molecule has 0 atom stereocenters. The van der Waals surface area contributed by atoms with Gasteiger partial charge in [-0.15, -0.1) is 11.3 Å². The highest BCUT2D eigenvalue weighted by molar-refractivity contribution is 7.16. The SMILES string of the molecule is N#Cc1c(NC(=O)CCC2CCCCC2)sc2c1CCN(C(=O)NCc1ccccn1)C2. The molecule has 1 aliphatic carbocycles. The summed E-state index contributed by atoms with van der Waals surface area (Å²) in [5, 5.41) is 16.2. The van der Waals surface area contributed by atoms with Crippen LogP contribution in [0.3, 0.4) is 0 Å². The first kappa shape index (κ1) is 22.3. The predicted molar refractivity (Wildman–Crippen MR) is 124 cm³/mol. The van der Waals surface area contributed by atoms with E-state index < -0.39 is 0 Å². The number of anilines is 1. The number of nitriles is 1. The number of carbonyl (C=O) groups excluding carboxylic acids is 2. The van der Waals surface area contributed by atoms with Crippen LogP contribution in [0.1, 0.15) is 66.6 Å². The van der Waals surface area contributed by atoms with Gasteiger partial charge in [0.1, 0.15) is 11.1 Å². The summed E-state index contributed by atoms with van der Waals surface area (Å²) in [6.45, 7) is 1.36. The summed E-state index contributed by atoms with van der Waals surface area (Å²) in [6, 6.07) is 7.73. The number of hydrogen-bond donors (Lipinski definition) is 2. The lowest BCUT2D eigenvalue weighted by molar-refractivity contribution is -0.116. The summed E-state index contributed by atoms with van der Waals surface area (Å²) in [6.07, 6.45) is 10.0. The van der Waals surface area contributed by atoms with Crippen LogP contribution in [-0.4, -0.2) is 28.4 Å². The minimum atomic E-state index is -0.147. The monoisotopic (exact) mass is 451 g/mol. The van der Waals surface area contributed by atoms with Gasteiger partial charge in [-0.2, -0.15) is 5.26 Å². The molecule has 2 aromatic rings. The molecule has 3 amide bonds. The molecule has 8 heteroatoms. The Balaban J connectivity index is 1.34. The molecule has 0 spiro atoms. The number of carbonyl (C=O) groups is 2. The molecule has 2 aromatic heterocycles. The van der Waals surface area contributed by atoms with Gasteiger partial charge >= 0.3 is 6.03 Å². The van der Waals surface area contributed by atoms with E-state index >= 15 is 0 Å². The maximum atomic E-state index is 12.6. The van der Waals surface area contributed by atoms with Gasteiger partial charge in [0.05, 0.1) is 24.3 Å². The summed E-state index contributed by atoms with van der Waals surface area (Å²) in [5.41, 5.74) is 2.33. The van der Waals surface area contributed by atoms with E-state index in [0.29, 0.717) is 49.0 Å². The third-order valence-corrected chi connectivity index (χ3v) is 7.49. The fourth-order valence-electron chi connectivity index (χ4n) is 4.56. The molecule has 0 aromatic carbocycles. The van der Waals surface area contributed by atoms with Crippen molar-refractivity contribution in [2.24, 2.45) is 5.92 Å². The molecule has 2 N–H and O–H groups in total. The fraction of sp³-hybridized carbons (Fsp3) is 0.500. The van der Waals surface area contributed by atoms with Crippen LogP contribution in [0.5, 0.6) is 0 Å². The first-order chi connectivity index (χ1) is 15.6. The van der Waals surface area contributed by atoms with Gasteiger partial charge in [-0.3, -0.25) is 9.78 Å². The molecular weight excluding hydrogens is 422 g/mol. The molecule has 7 nitrogen and oxygen atoms in total. The van der Waals surface area contributed by atoms with Crippen LogP contribution in [0, 0.1) is 17.2 Å². The van der Waals surface area contributed by atoms with Crippen molar-refractivity contribution in [3.05, 3.63) is 46.1 Å². The quantitative estimate of drug-likeness (QED) is 0.671. The first-order valence-electron chi connectivity index (χ1n) is 11.4. The molecule has 1 aliphatic heterocycles. The Bertz CT molecular complexity index is 992. The number of thiophene rings is 1. The molecular formula is C24H29N5O2S. The van der Waals surface area contributed by atoms with E-state index in [1.54, 1.807) is 11.1 Å². The lowest BCUT2D eigenvalue weighted by Gasteiger charge is -2.27. The summed E-state index contributed by atoms with van der Waals surface area (Å²) < 4.78 is 0. The number of amides is 3. The number of fused-ring (bicyclic) bond motifs is 1. The normalized spacial score (nSPS) is 16.2. The van der Waals surface area contributed by atoms with E-state index in [1.165, 1.54) is 43.4 Å². The highest BCUT2D eigenvalue weighted by atomic mass is 32.1. The third-order valence-electron chi connectivity index (χ3n) is 6.36. The Morgan fingerprint density at radius 3 is 2.84 bits per heavy atom. The minimum Gasteiger partial charge on any atom is -0.332 e. The standard InChI is InChI=1S/C24H29N5O2S/c25-14-20-19-11-13-29(24(31)27-15-18-8-4-5-12-26-18)16-21(19)32-23(20)28-22(30)10-9-17-6-2-1-3-7-17/h4-5,8,12,17H,1-3,6-7,9-11,13,15-16H2,(H,27,31)(H,28,30). The molecule has 4 rings (SSSR count). The second kappa shape index (κ2) is 10.6. The Hall–Kier alpha value is -2.92. The minimum absolute atomic E-state index is 0.0179. The second-order valence-electron chi connectivity index (χ2n) is 8.56. The molecule has 0 bridgehead atoms.